The highest BCUT2D eigenvalue weighted by Gasteiger charge is 2.22. The largest absolute Gasteiger partial charge is 0.380 e. The molecular weight excluding hydrogens is 256 g/mol. The number of carbonyl (C=O) groups is 1. The minimum Gasteiger partial charge on any atom is -0.380 e. The Morgan fingerprint density at radius 1 is 1.00 bits per heavy atom. The Labute approximate surface area is 116 Å². The Bertz CT molecular complexity index is 601. The molecule has 0 spiro atoms. The summed E-state index contributed by atoms with van der Waals surface area (Å²) in [6.07, 6.45) is -1.25. The quantitative estimate of drug-likeness (QED) is 0.317. The van der Waals surface area contributed by atoms with Crippen molar-refractivity contribution in [2.75, 3.05) is 10.9 Å². The first-order chi connectivity index (χ1) is 9.69. The fourth-order valence-corrected chi connectivity index (χ4v) is 1.97. The second-order valence-electron chi connectivity index (χ2n) is 4.19. The van der Waals surface area contributed by atoms with Crippen molar-refractivity contribution in [3.05, 3.63) is 59.7 Å². The van der Waals surface area contributed by atoms with Crippen molar-refractivity contribution in [1.29, 1.82) is 0 Å². The maximum absolute atomic E-state index is 12.4. The summed E-state index contributed by atoms with van der Waals surface area (Å²) in [7, 11) is 0. The summed E-state index contributed by atoms with van der Waals surface area (Å²) >= 11 is 0. The summed E-state index contributed by atoms with van der Waals surface area (Å²) in [6, 6.07) is 13.6. The van der Waals surface area contributed by atoms with Crippen molar-refractivity contribution in [3.8, 4) is 0 Å². The lowest BCUT2D eigenvalue weighted by Crippen LogP contribution is -2.20. The maximum atomic E-state index is 12.4. The average Bonchev–Trinajstić information content (AvgIpc) is 2.53. The maximum Gasteiger partial charge on any atom is 0.198 e. The number of carbonyl (C=O) groups excluding carboxylic acids is 1. The third-order valence-electron chi connectivity index (χ3n) is 2.99. The molecule has 0 aliphatic rings. The van der Waals surface area contributed by atoms with Crippen LogP contribution in [0.5, 0.6) is 0 Å². The predicted octanol–water partition coefficient (Wildman–Crippen LogP) is 1.17. The predicted molar refractivity (Wildman–Crippen MR) is 77.8 cm³/mol. The molecule has 20 heavy (non-hydrogen) atoms. The molecule has 1 unspecified atom stereocenters. The van der Waals surface area contributed by atoms with Crippen LogP contribution >= 0.6 is 0 Å². The summed E-state index contributed by atoms with van der Waals surface area (Å²) in [4.78, 5) is 12.4. The van der Waals surface area contributed by atoms with Crippen LogP contribution in [0.15, 0.2) is 48.5 Å². The molecule has 2 aromatic carbocycles. The van der Waals surface area contributed by atoms with Crippen molar-refractivity contribution in [2.24, 2.45) is 11.7 Å². The molecule has 0 saturated carbocycles. The first-order valence-electron chi connectivity index (χ1n) is 6.02. The van der Waals surface area contributed by atoms with Crippen molar-refractivity contribution in [2.45, 2.75) is 6.10 Å². The highest BCUT2D eigenvalue weighted by molar-refractivity contribution is 6.06. The van der Waals surface area contributed by atoms with Gasteiger partial charge in [0, 0.05) is 5.56 Å². The van der Waals surface area contributed by atoms with Gasteiger partial charge in [0.1, 0.15) is 6.10 Å². The molecule has 2 rings (SSSR count). The number of hydrogen-bond donors (Lipinski definition) is 5. The van der Waals surface area contributed by atoms with Crippen LogP contribution in [0.3, 0.4) is 0 Å². The molecule has 104 valence electrons. The molecule has 0 radical (unpaired) electrons. The molecule has 0 aliphatic heterocycles. The fraction of sp³-hybridized carbons (Fsp3) is 0.0714. The van der Waals surface area contributed by atoms with Crippen LogP contribution in [0.1, 0.15) is 22.0 Å². The van der Waals surface area contributed by atoms with Gasteiger partial charge in [-0.2, -0.15) is 0 Å². The lowest BCUT2D eigenvalue weighted by Gasteiger charge is -2.15. The zero-order chi connectivity index (χ0) is 14.5. The number of nitrogens with two attached hydrogens (primary N) is 2. The van der Waals surface area contributed by atoms with Gasteiger partial charge in [-0.05, 0) is 17.7 Å². The van der Waals surface area contributed by atoms with E-state index < -0.39 is 11.9 Å². The van der Waals surface area contributed by atoms with Crippen LogP contribution in [0, 0.1) is 0 Å². The zero-order valence-electron chi connectivity index (χ0n) is 10.7. The SMILES string of the molecule is NNc1cccc(C(=O)C(O)c2ccccc2)c1NN. The molecule has 7 N–H and O–H groups in total. The van der Waals surface area contributed by atoms with E-state index in [0.717, 1.165) is 0 Å². The van der Waals surface area contributed by atoms with Crippen molar-refractivity contribution in [1.82, 2.24) is 0 Å². The van der Waals surface area contributed by atoms with Crippen molar-refractivity contribution < 1.29 is 9.90 Å². The minimum absolute atomic E-state index is 0.263. The zero-order valence-corrected chi connectivity index (χ0v) is 10.7. The molecule has 0 saturated heterocycles. The van der Waals surface area contributed by atoms with E-state index in [9.17, 15) is 9.90 Å². The molecule has 0 amide bonds. The number of anilines is 2. The van der Waals surface area contributed by atoms with E-state index in [0.29, 0.717) is 16.9 Å². The Balaban J connectivity index is 2.39. The fourth-order valence-electron chi connectivity index (χ4n) is 1.97. The monoisotopic (exact) mass is 272 g/mol. The van der Waals surface area contributed by atoms with Gasteiger partial charge in [-0.15, -0.1) is 0 Å². The van der Waals surface area contributed by atoms with Gasteiger partial charge in [0.2, 0.25) is 0 Å². The topological polar surface area (TPSA) is 113 Å². The van der Waals surface area contributed by atoms with Crippen LogP contribution in [0.4, 0.5) is 11.4 Å². The highest BCUT2D eigenvalue weighted by Crippen LogP contribution is 2.28. The minimum atomic E-state index is -1.25. The first-order valence-corrected chi connectivity index (χ1v) is 6.02. The van der Waals surface area contributed by atoms with Gasteiger partial charge in [0.15, 0.2) is 5.78 Å². The normalized spacial score (nSPS) is 11.8. The van der Waals surface area contributed by atoms with Gasteiger partial charge in [0.05, 0.1) is 11.4 Å². The van der Waals surface area contributed by atoms with E-state index in [1.807, 2.05) is 6.07 Å². The van der Waals surface area contributed by atoms with E-state index in [-0.39, 0.29) is 5.56 Å². The standard InChI is InChI=1S/C14H16N4O2/c15-17-11-8-4-7-10(12(11)18-16)14(20)13(19)9-5-2-1-3-6-9/h1-8,13,17-19H,15-16H2. The van der Waals surface area contributed by atoms with Crippen LogP contribution in [0.2, 0.25) is 0 Å². The number of aliphatic hydroxyl groups excluding tert-OH is 1. The molecule has 2 aromatic rings. The lowest BCUT2D eigenvalue weighted by molar-refractivity contribution is 0.0748. The van der Waals surface area contributed by atoms with E-state index in [1.165, 1.54) is 0 Å². The molecule has 1 atom stereocenters. The molecule has 0 aliphatic carbocycles. The molecule has 6 heteroatoms. The van der Waals surface area contributed by atoms with E-state index in [1.54, 1.807) is 42.5 Å². The van der Waals surface area contributed by atoms with Crippen LogP contribution < -0.4 is 22.5 Å². The lowest BCUT2D eigenvalue weighted by atomic mass is 9.98. The van der Waals surface area contributed by atoms with E-state index in [2.05, 4.69) is 10.9 Å². The molecule has 0 bridgehead atoms. The smallest absolute Gasteiger partial charge is 0.198 e. The summed E-state index contributed by atoms with van der Waals surface area (Å²) < 4.78 is 0. The van der Waals surface area contributed by atoms with Gasteiger partial charge >= 0.3 is 0 Å². The number of para-hydroxylation sites is 1. The number of hydrogen-bond acceptors (Lipinski definition) is 6. The number of aliphatic hydroxyl groups is 1. The molecule has 0 heterocycles. The van der Waals surface area contributed by atoms with Crippen LogP contribution in [0.25, 0.3) is 0 Å². The number of hydrazine groups is 2. The van der Waals surface area contributed by atoms with Gasteiger partial charge in [-0.3, -0.25) is 16.5 Å². The highest BCUT2D eigenvalue weighted by atomic mass is 16.3. The van der Waals surface area contributed by atoms with Crippen molar-refractivity contribution >= 4 is 17.2 Å². The van der Waals surface area contributed by atoms with Gasteiger partial charge in [-0.1, -0.05) is 36.4 Å². The molecular formula is C14H16N4O2. The molecule has 6 nitrogen and oxygen atoms in total. The van der Waals surface area contributed by atoms with Gasteiger partial charge in [0.25, 0.3) is 0 Å². The second-order valence-corrected chi connectivity index (χ2v) is 4.19. The van der Waals surface area contributed by atoms with Crippen LogP contribution in [-0.2, 0) is 0 Å². The summed E-state index contributed by atoms with van der Waals surface area (Å²) in [5.41, 5.74) is 6.47. The summed E-state index contributed by atoms with van der Waals surface area (Å²) in [5.74, 6) is 10.3. The number of Topliss-reactive ketones (excluding diaryl/α,β-unsaturated/α-hetero) is 1. The Morgan fingerprint density at radius 3 is 2.30 bits per heavy atom. The van der Waals surface area contributed by atoms with Crippen molar-refractivity contribution in [3.63, 3.8) is 0 Å². The van der Waals surface area contributed by atoms with E-state index in [4.69, 9.17) is 11.7 Å². The van der Waals surface area contributed by atoms with Gasteiger partial charge < -0.3 is 16.0 Å². The molecule has 0 aromatic heterocycles. The third kappa shape index (κ3) is 2.62. The van der Waals surface area contributed by atoms with Gasteiger partial charge in [-0.25, -0.2) is 0 Å². The Kier molecular flexibility index (Phi) is 4.31. The number of ketones is 1. The Morgan fingerprint density at radius 2 is 1.70 bits per heavy atom. The first kappa shape index (κ1) is 14.0. The second kappa shape index (κ2) is 6.16. The number of rotatable bonds is 5. The third-order valence-corrected chi connectivity index (χ3v) is 2.99. The number of benzene rings is 2. The van der Waals surface area contributed by atoms with E-state index >= 15 is 0 Å². The molecule has 0 fully saturated rings. The Hall–Kier alpha value is -2.41. The summed E-state index contributed by atoms with van der Waals surface area (Å²) in [6.45, 7) is 0. The number of nitrogen functional groups attached to an aromatic ring is 2. The number of nitrogens with one attached hydrogen (secondary N) is 2. The van der Waals surface area contributed by atoms with Crippen LogP contribution in [-0.4, -0.2) is 10.9 Å². The average molecular weight is 272 g/mol. The summed E-state index contributed by atoms with van der Waals surface area (Å²) in [5, 5.41) is 10.2.